The number of methoxy groups -OCH3 is 3. The molecule has 0 fully saturated rings. The van der Waals surface area contributed by atoms with E-state index in [9.17, 15) is 4.79 Å². The summed E-state index contributed by atoms with van der Waals surface area (Å²) in [6.07, 6.45) is 0.272. The fourth-order valence-electron chi connectivity index (χ4n) is 3.16. The van der Waals surface area contributed by atoms with Crippen LogP contribution in [0, 0.1) is 0 Å². The molecule has 28 heavy (non-hydrogen) atoms. The molecule has 5 nitrogen and oxygen atoms in total. The minimum absolute atomic E-state index is 0.0262. The molecule has 0 aliphatic carbocycles. The Morgan fingerprint density at radius 1 is 0.821 bits per heavy atom. The lowest BCUT2D eigenvalue weighted by Crippen LogP contribution is -2.27. The number of nitrogens with zero attached hydrogens (tertiary/aromatic N) is 1. The van der Waals surface area contributed by atoms with Crippen LogP contribution in [0.4, 0.5) is 0 Å². The largest absolute Gasteiger partial charge is 0.497 e. The van der Waals surface area contributed by atoms with Crippen LogP contribution in [0.5, 0.6) is 17.2 Å². The van der Waals surface area contributed by atoms with Gasteiger partial charge in [0.15, 0.2) is 0 Å². The Morgan fingerprint density at radius 2 is 1.46 bits per heavy atom. The van der Waals surface area contributed by atoms with E-state index in [0.717, 1.165) is 27.6 Å². The number of benzene rings is 3. The average Bonchev–Trinajstić information content (AvgIpc) is 2.73. The molecular formula is C23H25NO4. The van der Waals surface area contributed by atoms with E-state index in [1.807, 2.05) is 43.4 Å². The number of fused-ring (bicyclic) bond motifs is 1. The normalized spacial score (nSPS) is 10.6. The Morgan fingerprint density at radius 3 is 2.18 bits per heavy atom. The molecule has 0 radical (unpaired) electrons. The van der Waals surface area contributed by atoms with Crippen molar-refractivity contribution >= 4 is 16.7 Å². The molecule has 0 saturated carbocycles. The molecule has 0 unspecified atom stereocenters. The summed E-state index contributed by atoms with van der Waals surface area (Å²) in [6.45, 7) is 0.541. The maximum absolute atomic E-state index is 12.7. The van der Waals surface area contributed by atoms with E-state index < -0.39 is 0 Å². The first kappa shape index (κ1) is 19.5. The molecule has 0 saturated heterocycles. The van der Waals surface area contributed by atoms with Crippen LogP contribution in [0.25, 0.3) is 10.8 Å². The average molecular weight is 379 g/mol. The van der Waals surface area contributed by atoms with Crippen LogP contribution >= 0.6 is 0 Å². The second kappa shape index (κ2) is 8.65. The van der Waals surface area contributed by atoms with Crippen molar-refractivity contribution in [3.05, 3.63) is 65.7 Å². The number of hydrogen-bond acceptors (Lipinski definition) is 4. The predicted molar refractivity (Wildman–Crippen MR) is 110 cm³/mol. The van der Waals surface area contributed by atoms with E-state index in [1.54, 1.807) is 32.3 Å². The molecule has 146 valence electrons. The van der Waals surface area contributed by atoms with E-state index in [2.05, 4.69) is 12.1 Å². The van der Waals surface area contributed by atoms with Gasteiger partial charge in [0.2, 0.25) is 5.91 Å². The zero-order valence-corrected chi connectivity index (χ0v) is 16.7. The van der Waals surface area contributed by atoms with Crippen LogP contribution in [0.2, 0.25) is 0 Å². The fourth-order valence-corrected chi connectivity index (χ4v) is 3.16. The third-order valence-corrected chi connectivity index (χ3v) is 4.79. The zero-order chi connectivity index (χ0) is 20.1. The van der Waals surface area contributed by atoms with Crippen molar-refractivity contribution < 1.29 is 19.0 Å². The van der Waals surface area contributed by atoms with Gasteiger partial charge in [0, 0.05) is 25.2 Å². The summed E-state index contributed by atoms with van der Waals surface area (Å²) < 4.78 is 15.9. The fraction of sp³-hybridized carbons (Fsp3) is 0.261. The third kappa shape index (κ3) is 4.36. The summed E-state index contributed by atoms with van der Waals surface area (Å²) in [5, 5.41) is 2.23. The standard InChI is InChI=1S/C23H25NO4/c1-24(23(25)13-19-8-10-21(27-3)14-22(19)28-4)15-16-5-6-18-12-20(26-2)9-7-17(18)11-16/h5-12,14H,13,15H2,1-4H3. The first-order valence-electron chi connectivity index (χ1n) is 9.05. The second-order valence-corrected chi connectivity index (χ2v) is 6.65. The van der Waals surface area contributed by atoms with Gasteiger partial charge in [-0.15, -0.1) is 0 Å². The van der Waals surface area contributed by atoms with Crippen molar-refractivity contribution in [3.63, 3.8) is 0 Å². The molecule has 3 aromatic carbocycles. The lowest BCUT2D eigenvalue weighted by molar-refractivity contribution is -0.129. The summed E-state index contributed by atoms with van der Waals surface area (Å²) >= 11 is 0. The van der Waals surface area contributed by atoms with Gasteiger partial charge in [-0.3, -0.25) is 4.79 Å². The molecule has 0 bridgehead atoms. The van der Waals surface area contributed by atoms with E-state index >= 15 is 0 Å². The Bertz CT molecular complexity index is 983. The number of likely N-dealkylation sites (N-methyl/N-ethyl adjacent to an activating group) is 1. The Labute approximate surface area is 165 Å². The Balaban J connectivity index is 1.71. The van der Waals surface area contributed by atoms with E-state index in [-0.39, 0.29) is 12.3 Å². The number of carbonyl (C=O) groups excluding carboxylic acids is 1. The molecule has 3 aromatic rings. The van der Waals surface area contributed by atoms with E-state index in [0.29, 0.717) is 18.0 Å². The quantitative estimate of drug-likeness (QED) is 0.621. The predicted octanol–water partition coefficient (Wildman–Crippen LogP) is 4.07. The lowest BCUT2D eigenvalue weighted by Gasteiger charge is -2.19. The van der Waals surface area contributed by atoms with Crippen molar-refractivity contribution in [3.8, 4) is 17.2 Å². The van der Waals surface area contributed by atoms with Crippen LogP contribution in [-0.2, 0) is 17.8 Å². The summed E-state index contributed by atoms with van der Waals surface area (Å²) in [5.41, 5.74) is 1.92. The molecule has 0 spiro atoms. The minimum Gasteiger partial charge on any atom is -0.497 e. The molecule has 3 rings (SSSR count). The molecule has 5 heteroatoms. The van der Waals surface area contributed by atoms with Crippen molar-refractivity contribution in [1.29, 1.82) is 0 Å². The van der Waals surface area contributed by atoms with Gasteiger partial charge >= 0.3 is 0 Å². The molecule has 0 heterocycles. The lowest BCUT2D eigenvalue weighted by atomic mass is 10.1. The summed E-state index contributed by atoms with van der Waals surface area (Å²) in [5.74, 6) is 2.22. The van der Waals surface area contributed by atoms with E-state index in [4.69, 9.17) is 14.2 Å². The van der Waals surface area contributed by atoms with Gasteiger partial charge in [0.05, 0.1) is 27.8 Å². The highest BCUT2D eigenvalue weighted by atomic mass is 16.5. The first-order valence-corrected chi connectivity index (χ1v) is 9.05. The monoisotopic (exact) mass is 379 g/mol. The SMILES string of the molecule is COc1ccc(CC(=O)N(C)Cc2ccc3cc(OC)ccc3c2)c(OC)c1. The molecule has 0 aromatic heterocycles. The number of rotatable bonds is 7. The van der Waals surface area contributed by atoms with Crippen LogP contribution in [-0.4, -0.2) is 39.2 Å². The zero-order valence-electron chi connectivity index (χ0n) is 16.7. The molecular weight excluding hydrogens is 354 g/mol. The van der Waals surface area contributed by atoms with Gasteiger partial charge in [-0.2, -0.15) is 0 Å². The molecule has 0 atom stereocenters. The highest BCUT2D eigenvalue weighted by molar-refractivity contribution is 5.85. The van der Waals surface area contributed by atoms with Crippen LogP contribution < -0.4 is 14.2 Å². The minimum atomic E-state index is 0.0262. The smallest absolute Gasteiger partial charge is 0.227 e. The molecule has 0 N–H and O–H groups in total. The van der Waals surface area contributed by atoms with Crippen LogP contribution in [0.3, 0.4) is 0 Å². The van der Waals surface area contributed by atoms with Gasteiger partial charge < -0.3 is 19.1 Å². The number of ether oxygens (including phenoxy) is 3. The van der Waals surface area contributed by atoms with Crippen LogP contribution in [0.15, 0.2) is 54.6 Å². The van der Waals surface area contributed by atoms with Gasteiger partial charge in [0.25, 0.3) is 0 Å². The topological polar surface area (TPSA) is 48.0 Å². The molecule has 0 aliphatic rings. The van der Waals surface area contributed by atoms with Crippen LogP contribution in [0.1, 0.15) is 11.1 Å². The summed E-state index contributed by atoms with van der Waals surface area (Å²) in [6, 6.07) is 17.7. The number of amides is 1. The highest BCUT2D eigenvalue weighted by Gasteiger charge is 2.14. The second-order valence-electron chi connectivity index (χ2n) is 6.65. The third-order valence-electron chi connectivity index (χ3n) is 4.79. The maximum atomic E-state index is 12.7. The van der Waals surface area contributed by atoms with Gasteiger partial charge in [0.1, 0.15) is 17.2 Å². The Kier molecular flexibility index (Phi) is 6.04. The van der Waals surface area contributed by atoms with Gasteiger partial charge in [-0.05, 0) is 40.6 Å². The van der Waals surface area contributed by atoms with Crippen molar-refractivity contribution in [1.82, 2.24) is 4.90 Å². The van der Waals surface area contributed by atoms with E-state index in [1.165, 1.54) is 0 Å². The maximum Gasteiger partial charge on any atom is 0.227 e. The number of carbonyl (C=O) groups is 1. The Hall–Kier alpha value is -3.21. The van der Waals surface area contributed by atoms with Gasteiger partial charge in [-0.1, -0.05) is 24.3 Å². The number of hydrogen-bond donors (Lipinski definition) is 0. The highest BCUT2D eigenvalue weighted by Crippen LogP contribution is 2.26. The van der Waals surface area contributed by atoms with Gasteiger partial charge in [-0.25, -0.2) is 0 Å². The summed E-state index contributed by atoms with van der Waals surface area (Å²) in [7, 11) is 6.67. The van der Waals surface area contributed by atoms with Crippen molar-refractivity contribution in [2.75, 3.05) is 28.4 Å². The molecule has 1 amide bonds. The van der Waals surface area contributed by atoms with Crippen molar-refractivity contribution in [2.24, 2.45) is 0 Å². The first-order chi connectivity index (χ1) is 13.5. The van der Waals surface area contributed by atoms with Crippen molar-refractivity contribution in [2.45, 2.75) is 13.0 Å². The molecule has 0 aliphatic heterocycles. The summed E-state index contributed by atoms with van der Waals surface area (Å²) in [4.78, 5) is 14.4.